The summed E-state index contributed by atoms with van der Waals surface area (Å²) < 4.78 is 4.42. The van der Waals surface area contributed by atoms with E-state index >= 15 is 0 Å². The summed E-state index contributed by atoms with van der Waals surface area (Å²) >= 11 is 0. The van der Waals surface area contributed by atoms with E-state index in [-0.39, 0.29) is 6.54 Å². The average Bonchev–Trinajstić information content (AvgIpc) is 1.99. The number of hydrogen-bond acceptors (Lipinski definition) is 3. The fraction of sp³-hybridized carbons (Fsp3) is 0.286. The van der Waals surface area contributed by atoms with Gasteiger partial charge in [0.25, 0.3) is 0 Å². The molecule has 0 aliphatic heterocycles. The van der Waals surface area contributed by atoms with Crippen molar-refractivity contribution >= 4 is 5.97 Å². The van der Waals surface area contributed by atoms with Crippen molar-refractivity contribution in [2.75, 3.05) is 13.7 Å². The molecule has 0 aromatic carbocycles. The first-order valence-corrected chi connectivity index (χ1v) is 2.86. The minimum atomic E-state index is -0.401. The number of carbonyl (C=O) groups is 1. The Labute approximate surface area is 60.2 Å². The highest BCUT2D eigenvalue weighted by Gasteiger charge is 2.04. The maximum atomic E-state index is 10.7. The smallest absolute Gasteiger partial charge is 0.335 e. The predicted octanol–water partition coefficient (Wildman–Crippen LogP) is 0.231. The van der Waals surface area contributed by atoms with Gasteiger partial charge in [-0.05, 0) is 0 Å². The molecule has 0 atom stereocenters. The van der Waals surface area contributed by atoms with Crippen LogP contribution in [0.5, 0.6) is 0 Å². The second-order valence-electron chi connectivity index (χ2n) is 1.62. The van der Waals surface area contributed by atoms with Crippen molar-refractivity contribution in [3.63, 3.8) is 0 Å². The van der Waals surface area contributed by atoms with Crippen molar-refractivity contribution in [3.8, 4) is 0 Å². The molecule has 0 unspecified atom stereocenters. The van der Waals surface area contributed by atoms with Gasteiger partial charge in [-0.3, -0.25) is 0 Å². The average molecular weight is 141 g/mol. The molecular weight excluding hydrogens is 130 g/mol. The van der Waals surface area contributed by atoms with E-state index in [1.54, 1.807) is 0 Å². The molecule has 0 saturated carbocycles. The van der Waals surface area contributed by atoms with Gasteiger partial charge in [-0.2, -0.15) is 0 Å². The molecule has 3 nitrogen and oxygen atoms in total. The zero-order valence-corrected chi connectivity index (χ0v) is 5.96. The molecule has 2 N–H and O–H groups in total. The van der Waals surface area contributed by atoms with E-state index in [0.717, 1.165) is 0 Å². The number of rotatable bonds is 3. The number of methoxy groups -OCH3 is 1. The Bertz CT molecular complexity index is 161. The molecule has 0 aliphatic rings. The van der Waals surface area contributed by atoms with Gasteiger partial charge < -0.3 is 10.5 Å². The second kappa shape index (κ2) is 4.76. The van der Waals surface area contributed by atoms with Crippen molar-refractivity contribution in [2.45, 2.75) is 0 Å². The summed E-state index contributed by atoms with van der Waals surface area (Å²) in [7, 11) is 1.31. The third-order valence-electron chi connectivity index (χ3n) is 0.987. The summed E-state index contributed by atoms with van der Waals surface area (Å²) in [5.74, 6) is -0.401. The van der Waals surface area contributed by atoms with Crippen LogP contribution in [-0.2, 0) is 9.53 Å². The maximum Gasteiger partial charge on any atom is 0.335 e. The molecule has 0 amide bonds. The zero-order chi connectivity index (χ0) is 7.98. The van der Waals surface area contributed by atoms with Crippen molar-refractivity contribution in [1.82, 2.24) is 0 Å². The number of allylic oxidation sites excluding steroid dienone is 2. The molecule has 0 fully saturated rings. The Morgan fingerprint density at radius 1 is 1.80 bits per heavy atom. The Balaban J connectivity index is 4.19. The van der Waals surface area contributed by atoms with Crippen molar-refractivity contribution < 1.29 is 9.53 Å². The standard InChI is InChI=1S/C7H11NO2/c1-3-4-6(5-8)7(9)10-2/h3-4H,1,5,8H2,2H3/b6-4+. The highest BCUT2D eigenvalue weighted by atomic mass is 16.5. The fourth-order valence-electron chi connectivity index (χ4n) is 0.493. The number of hydrogen-bond donors (Lipinski definition) is 1. The zero-order valence-electron chi connectivity index (χ0n) is 5.96. The molecule has 0 saturated heterocycles. The summed E-state index contributed by atoms with van der Waals surface area (Å²) in [5.41, 5.74) is 5.65. The van der Waals surface area contributed by atoms with Crippen LogP contribution in [0.4, 0.5) is 0 Å². The van der Waals surface area contributed by atoms with Crippen molar-refractivity contribution in [1.29, 1.82) is 0 Å². The highest BCUT2D eigenvalue weighted by Crippen LogP contribution is 1.93. The van der Waals surface area contributed by atoms with Crippen LogP contribution in [0.15, 0.2) is 24.3 Å². The molecule has 0 heterocycles. The topological polar surface area (TPSA) is 52.3 Å². The first-order valence-electron chi connectivity index (χ1n) is 2.86. The van der Waals surface area contributed by atoms with Gasteiger partial charge in [-0.15, -0.1) is 0 Å². The van der Waals surface area contributed by atoms with Crippen LogP contribution in [0, 0.1) is 0 Å². The molecular formula is C7H11NO2. The summed E-state index contributed by atoms with van der Waals surface area (Å²) in [6, 6.07) is 0. The molecule has 56 valence electrons. The first-order chi connectivity index (χ1) is 4.76. The molecule has 0 spiro atoms. The van der Waals surface area contributed by atoms with Crippen LogP contribution in [0.25, 0.3) is 0 Å². The highest BCUT2D eigenvalue weighted by molar-refractivity contribution is 5.89. The van der Waals surface area contributed by atoms with Crippen molar-refractivity contribution in [2.24, 2.45) is 5.73 Å². The molecule has 0 aromatic rings. The van der Waals surface area contributed by atoms with Gasteiger partial charge in [0.1, 0.15) is 0 Å². The van der Waals surface area contributed by atoms with Gasteiger partial charge in [0, 0.05) is 6.54 Å². The van der Waals surface area contributed by atoms with E-state index in [1.165, 1.54) is 19.3 Å². The normalized spacial score (nSPS) is 10.8. The van der Waals surface area contributed by atoms with Gasteiger partial charge >= 0.3 is 5.97 Å². The lowest BCUT2D eigenvalue weighted by Crippen LogP contribution is -2.13. The monoisotopic (exact) mass is 141 g/mol. The molecule has 3 heteroatoms. The summed E-state index contributed by atoms with van der Waals surface area (Å²) in [5, 5.41) is 0. The van der Waals surface area contributed by atoms with Crippen LogP contribution < -0.4 is 5.73 Å². The van der Waals surface area contributed by atoms with E-state index in [9.17, 15) is 4.79 Å². The van der Waals surface area contributed by atoms with E-state index in [4.69, 9.17) is 5.73 Å². The quantitative estimate of drug-likeness (QED) is 0.348. The van der Waals surface area contributed by atoms with E-state index < -0.39 is 5.97 Å². The summed E-state index contributed by atoms with van der Waals surface area (Å²) in [6.45, 7) is 3.60. The van der Waals surface area contributed by atoms with Crippen LogP contribution in [0.1, 0.15) is 0 Å². The van der Waals surface area contributed by atoms with Crippen molar-refractivity contribution in [3.05, 3.63) is 24.3 Å². The van der Waals surface area contributed by atoms with Gasteiger partial charge in [0.2, 0.25) is 0 Å². The minimum Gasteiger partial charge on any atom is -0.466 e. The predicted molar refractivity (Wildman–Crippen MR) is 39.4 cm³/mol. The Morgan fingerprint density at radius 2 is 2.40 bits per heavy atom. The van der Waals surface area contributed by atoms with Crippen LogP contribution >= 0.6 is 0 Å². The van der Waals surface area contributed by atoms with E-state index in [2.05, 4.69) is 11.3 Å². The summed E-state index contributed by atoms with van der Waals surface area (Å²) in [6.07, 6.45) is 3.03. The second-order valence-corrected chi connectivity index (χ2v) is 1.62. The van der Waals surface area contributed by atoms with Crippen LogP contribution in [-0.4, -0.2) is 19.6 Å². The maximum absolute atomic E-state index is 10.7. The lowest BCUT2D eigenvalue weighted by atomic mass is 10.2. The lowest BCUT2D eigenvalue weighted by Gasteiger charge is -1.98. The molecule has 0 aromatic heterocycles. The number of nitrogens with two attached hydrogens (primary N) is 1. The van der Waals surface area contributed by atoms with Gasteiger partial charge in [0.15, 0.2) is 0 Å². The third kappa shape index (κ3) is 2.46. The van der Waals surface area contributed by atoms with Crippen LogP contribution in [0.3, 0.4) is 0 Å². The fourth-order valence-corrected chi connectivity index (χ4v) is 0.493. The van der Waals surface area contributed by atoms with Crippen LogP contribution in [0.2, 0.25) is 0 Å². The van der Waals surface area contributed by atoms with E-state index in [0.29, 0.717) is 5.57 Å². The number of ether oxygens (including phenoxy) is 1. The third-order valence-corrected chi connectivity index (χ3v) is 0.987. The largest absolute Gasteiger partial charge is 0.466 e. The van der Waals surface area contributed by atoms with Gasteiger partial charge in [0.05, 0.1) is 12.7 Å². The Kier molecular flexibility index (Phi) is 4.24. The van der Waals surface area contributed by atoms with Gasteiger partial charge in [-0.25, -0.2) is 4.79 Å². The SMILES string of the molecule is C=C/C=C(\CN)C(=O)OC. The molecule has 10 heavy (non-hydrogen) atoms. The number of esters is 1. The summed E-state index contributed by atoms with van der Waals surface area (Å²) in [4.78, 5) is 10.7. The Hall–Kier alpha value is -1.09. The molecule has 0 aliphatic carbocycles. The minimum absolute atomic E-state index is 0.179. The molecule has 0 bridgehead atoms. The van der Waals surface area contributed by atoms with E-state index in [1.807, 2.05) is 0 Å². The number of carbonyl (C=O) groups excluding carboxylic acids is 1. The first kappa shape index (κ1) is 8.91. The lowest BCUT2D eigenvalue weighted by molar-refractivity contribution is -0.136. The van der Waals surface area contributed by atoms with Gasteiger partial charge in [-0.1, -0.05) is 18.7 Å². The molecule has 0 radical (unpaired) electrons. The molecule has 0 rings (SSSR count). The Morgan fingerprint density at radius 3 is 2.70 bits per heavy atom.